The summed E-state index contributed by atoms with van der Waals surface area (Å²) in [7, 11) is -9.57. The van der Waals surface area contributed by atoms with E-state index in [9.17, 15) is 24.2 Å². The number of halogens is 1. The molecule has 0 amide bonds. The van der Waals surface area contributed by atoms with Crippen LogP contribution in [0.25, 0.3) is 11.0 Å². The fourth-order valence-corrected chi connectivity index (χ4v) is 7.35. The molecule has 4 heterocycles. The van der Waals surface area contributed by atoms with Gasteiger partial charge in [0.25, 0.3) is 0 Å². The van der Waals surface area contributed by atoms with Gasteiger partial charge in [-0.3, -0.25) is 9.13 Å². The molecule has 0 aromatic carbocycles. The second-order valence-corrected chi connectivity index (χ2v) is 14.8. The van der Waals surface area contributed by atoms with Crippen LogP contribution < -0.4 is 4.90 Å². The Kier molecular flexibility index (Phi) is 14.3. The molecule has 19 nitrogen and oxygen atoms in total. The highest BCUT2D eigenvalue weighted by molar-refractivity contribution is 7.70. The third kappa shape index (κ3) is 11.4. The molecule has 2 saturated heterocycles. The Hall–Kier alpha value is -1.82. The highest BCUT2D eigenvalue weighted by Crippen LogP contribution is 2.55. The standard InChI is InChI=1S/C25H38ClN5O14P2/c1-2-3-39-4-5-40-6-7-41-8-9-42-10-11-43-17-13-30(14-17)22-18-12-27-31(23(18)29-25(26)28-22)24-21(33)20(32)19(45-24)15-44-47(37,38)16-46(34,35)36/h1,12,17,19-21,24,32-33H,3-11,13-16H2,(H,37,38)(H2,34,35,36)/t19-,20-,21-,24-/m1/s1. The van der Waals surface area contributed by atoms with Crippen molar-refractivity contribution in [1.29, 1.82) is 0 Å². The van der Waals surface area contributed by atoms with E-state index < -0.39 is 52.2 Å². The second-order valence-electron chi connectivity index (χ2n) is 10.4. The van der Waals surface area contributed by atoms with E-state index in [-0.39, 0.29) is 23.6 Å². The van der Waals surface area contributed by atoms with Gasteiger partial charge in [0.1, 0.15) is 30.7 Å². The van der Waals surface area contributed by atoms with Crippen molar-refractivity contribution >= 4 is 43.6 Å². The van der Waals surface area contributed by atoms with Gasteiger partial charge >= 0.3 is 15.2 Å². The molecule has 0 spiro atoms. The van der Waals surface area contributed by atoms with Crippen molar-refractivity contribution in [2.75, 3.05) is 90.0 Å². The van der Waals surface area contributed by atoms with E-state index in [1.807, 2.05) is 4.90 Å². The maximum Gasteiger partial charge on any atom is 0.340 e. The summed E-state index contributed by atoms with van der Waals surface area (Å²) in [6, 6.07) is 0. The molecule has 0 saturated carbocycles. The minimum Gasteiger partial charge on any atom is -0.387 e. The van der Waals surface area contributed by atoms with Crippen LogP contribution in [-0.2, 0) is 42.1 Å². The van der Waals surface area contributed by atoms with Gasteiger partial charge in [0.05, 0.1) is 77.1 Å². The van der Waals surface area contributed by atoms with Crippen molar-refractivity contribution in [3.8, 4) is 12.3 Å². The first-order valence-electron chi connectivity index (χ1n) is 14.4. The molecule has 22 heteroatoms. The van der Waals surface area contributed by atoms with Gasteiger partial charge < -0.3 is 62.7 Å². The largest absolute Gasteiger partial charge is 0.387 e. The number of aliphatic hydroxyl groups excluding tert-OH is 2. The van der Waals surface area contributed by atoms with Gasteiger partial charge in [-0.25, -0.2) is 4.68 Å². The average Bonchev–Trinajstić information content (AvgIpc) is 3.51. The van der Waals surface area contributed by atoms with Crippen molar-refractivity contribution in [3.63, 3.8) is 0 Å². The van der Waals surface area contributed by atoms with Crippen molar-refractivity contribution in [3.05, 3.63) is 11.5 Å². The van der Waals surface area contributed by atoms with E-state index in [4.69, 9.17) is 60.8 Å². The van der Waals surface area contributed by atoms with Gasteiger partial charge in [0.15, 0.2) is 17.8 Å². The van der Waals surface area contributed by atoms with Crippen LogP contribution in [0.4, 0.5) is 5.82 Å². The Morgan fingerprint density at radius 3 is 2.19 bits per heavy atom. The summed E-state index contributed by atoms with van der Waals surface area (Å²) in [5.41, 5.74) is 0.188. The molecule has 0 bridgehead atoms. The minimum absolute atomic E-state index is 0.0839. The fraction of sp³-hybridized carbons (Fsp3) is 0.720. The van der Waals surface area contributed by atoms with Crippen LogP contribution in [0.5, 0.6) is 0 Å². The summed E-state index contributed by atoms with van der Waals surface area (Å²) in [5, 5.41) is 25.7. The maximum absolute atomic E-state index is 12.0. The molecule has 4 rings (SSSR count). The number of anilines is 1. The van der Waals surface area contributed by atoms with E-state index in [1.54, 1.807) is 0 Å². The van der Waals surface area contributed by atoms with Crippen LogP contribution in [0.15, 0.2) is 6.20 Å². The molecular formula is C25H38ClN5O14P2. The van der Waals surface area contributed by atoms with Gasteiger partial charge in [0.2, 0.25) is 5.28 Å². The molecule has 5 N–H and O–H groups in total. The Labute approximate surface area is 274 Å². The Balaban J connectivity index is 1.19. The number of terminal acetylenes is 1. The summed E-state index contributed by atoms with van der Waals surface area (Å²) in [6.45, 7) is 3.91. The van der Waals surface area contributed by atoms with E-state index in [2.05, 4.69) is 21.0 Å². The van der Waals surface area contributed by atoms with Crippen LogP contribution >= 0.6 is 26.8 Å². The summed E-state index contributed by atoms with van der Waals surface area (Å²) < 4.78 is 61.9. The first-order valence-corrected chi connectivity index (χ1v) is 18.4. The van der Waals surface area contributed by atoms with E-state index >= 15 is 0 Å². The van der Waals surface area contributed by atoms with Gasteiger partial charge in [-0.1, -0.05) is 5.92 Å². The van der Waals surface area contributed by atoms with E-state index in [0.717, 1.165) is 0 Å². The lowest BCUT2D eigenvalue weighted by molar-refractivity contribution is -0.0541. The maximum atomic E-state index is 12.0. The molecule has 264 valence electrons. The van der Waals surface area contributed by atoms with Crippen LogP contribution in [0.3, 0.4) is 0 Å². The number of hydrogen-bond donors (Lipinski definition) is 5. The number of rotatable bonds is 21. The highest BCUT2D eigenvalue weighted by atomic mass is 35.5. The van der Waals surface area contributed by atoms with E-state index in [1.165, 1.54) is 10.9 Å². The predicted octanol–water partition coefficient (Wildman–Crippen LogP) is -0.659. The van der Waals surface area contributed by atoms with Crippen molar-refractivity contribution < 1.29 is 67.0 Å². The minimum atomic E-state index is -4.86. The van der Waals surface area contributed by atoms with Gasteiger partial charge in [-0.2, -0.15) is 15.1 Å². The molecule has 2 aliphatic heterocycles. The number of aromatic nitrogens is 4. The number of ether oxygens (including phenoxy) is 6. The summed E-state index contributed by atoms with van der Waals surface area (Å²) >= 11 is 6.21. The number of hydrogen-bond acceptors (Lipinski definition) is 15. The van der Waals surface area contributed by atoms with Crippen molar-refractivity contribution in [2.24, 2.45) is 0 Å². The smallest absolute Gasteiger partial charge is 0.340 e. The highest BCUT2D eigenvalue weighted by Gasteiger charge is 2.46. The third-order valence-electron chi connectivity index (χ3n) is 6.82. The summed E-state index contributed by atoms with van der Waals surface area (Å²) in [6.07, 6.45) is 0.657. The topological polar surface area (TPSA) is 247 Å². The molecular weight excluding hydrogens is 692 g/mol. The van der Waals surface area contributed by atoms with Crippen molar-refractivity contribution in [2.45, 2.75) is 30.6 Å². The number of nitrogens with zero attached hydrogens (tertiary/aromatic N) is 5. The first kappa shape index (κ1) is 38.0. The zero-order valence-electron chi connectivity index (χ0n) is 25.2. The molecule has 5 atom stereocenters. The monoisotopic (exact) mass is 729 g/mol. The average molecular weight is 730 g/mol. The van der Waals surface area contributed by atoms with Crippen LogP contribution in [-0.4, -0.2) is 154 Å². The van der Waals surface area contributed by atoms with E-state index in [0.29, 0.717) is 77.1 Å². The normalized spacial score (nSPS) is 23.2. The Bertz CT molecular complexity index is 1440. The van der Waals surface area contributed by atoms with Crippen LogP contribution in [0, 0.1) is 12.3 Å². The molecule has 2 aromatic heterocycles. The lowest BCUT2D eigenvalue weighted by Gasteiger charge is -2.39. The molecule has 1 unspecified atom stereocenters. The SMILES string of the molecule is C#CCOCCOCCOCCOCCOC1CN(c2nc(Cl)nc3c2cnn3[C@@H]2O[C@H](COP(=O)(O)CP(=O)(O)O)[C@@H](O)[C@H]2O)C1. The number of aliphatic hydroxyl groups is 2. The third-order valence-corrected chi connectivity index (χ3v) is 10.4. The van der Waals surface area contributed by atoms with Crippen LogP contribution in [0.1, 0.15) is 6.23 Å². The predicted molar refractivity (Wildman–Crippen MR) is 163 cm³/mol. The lowest BCUT2D eigenvalue weighted by atomic mass is 10.1. The molecule has 2 aromatic rings. The fourth-order valence-electron chi connectivity index (χ4n) is 4.63. The van der Waals surface area contributed by atoms with Crippen LogP contribution in [0.2, 0.25) is 5.28 Å². The second kappa shape index (κ2) is 17.7. The van der Waals surface area contributed by atoms with Gasteiger partial charge in [0, 0.05) is 13.1 Å². The zero-order valence-corrected chi connectivity index (χ0v) is 27.7. The molecule has 2 fully saturated rings. The summed E-state index contributed by atoms with van der Waals surface area (Å²) in [4.78, 5) is 38.1. The Morgan fingerprint density at radius 2 is 1.57 bits per heavy atom. The molecule has 47 heavy (non-hydrogen) atoms. The number of fused-ring (bicyclic) bond motifs is 1. The van der Waals surface area contributed by atoms with Gasteiger partial charge in [-0.15, -0.1) is 6.42 Å². The quantitative estimate of drug-likeness (QED) is 0.0463. The molecule has 2 aliphatic rings. The van der Waals surface area contributed by atoms with Crippen molar-refractivity contribution in [1.82, 2.24) is 19.7 Å². The molecule has 0 radical (unpaired) electrons. The summed E-state index contributed by atoms with van der Waals surface area (Å²) in [5.74, 6) is 1.43. The first-order chi connectivity index (χ1) is 22.4. The zero-order chi connectivity index (χ0) is 34.0. The molecule has 0 aliphatic carbocycles. The Morgan fingerprint density at radius 1 is 0.957 bits per heavy atom. The van der Waals surface area contributed by atoms with Gasteiger partial charge in [-0.05, 0) is 11.6 Å². The lowest BCUT2D eigenvalue weighted by Crippen LogP contribution is -2.53.